The van der Waals surface area contributed by atoms with E-state index in [0.29, 0.717) is 0 Å². The molecule has 0 radical (unpaired) electrons. The lowest BCUT2D eigenvalue weighted by Crippen LogP contribution is -1.98. The molecule has 1 heterocycles. The highest BCUT2D eigenvalue weighted by molar-refractivity contribution is 5.50. The van der Waals surface area contributed by atoms with Crippen molar-refractivity contribution in [3.8, 4) is 5.69 Å². The Morgan fingerprint density at radius 1 is 0.909 bits per heavy atom. The normalized spacial score (nSPS) is 11.2. The molecular weight excluding hydrogens is 279 g/mol. The maximum atomic E-state index is 13.0. The number of hydrogen-bond acceptors (Lipinski definition) is 3. The molecule has 0 saturated heterocycles. The van der Waals surface area contributed by atoms with Gasteiger partial charge in [-0.15, -0.1) is 5.11 Å². The zero-order valence-corrected chi connectivity index (χ0v) is 12.4. The van der Waals surface area contributed by atoms with Crippen molar-refractivity contribution < 1.29 is 4.39 Å². The van der Waals surface area contributed by atoms with Crippen LogP contribution in [0.15, 0.2) is 64.8 Å². The predicted molar refractivity (Wildman–Crippen MR) is 83.6 cm³/mol. The summed E-state index contributed by atoms with van der Waals surface area (Å²) in [5.41, 5.74) is 3.96. The van der Waals surface area contributed by atoms with Crippen LogP contribution in [0, 0.1) is 19.7 Å². The Labute approximate surface area is 127 Å². The van der Waals surface area contributed by atoms with Crippen molar-refractivity contribution >= 4 is 11.4 Å². The summed E-state index contributed by atoms with van der Waals surface area (Å²) in [6, 6.07) is 15.7. The van der Waals surface area contributed by atoms with E-state index >= 15 is 0 Å². The third-order valence-electron chi connectivity index (χ3n) is 3.35. The van der Waals surface area contributed by atoms with Gasteiger partial charge in [0.2, 0.25) is 0 Å². The third kappa shape index (κ3) is 2.79. The Morgan fingerprint density at radius 3 is 2.27 bits per heavy atom. The quantitative estimate of drug-likeness (QED) is 0.624. The second kappa shape index (κ2) is 5.89. The number of aryl methyl sites for hydroxylation is 1. The van der Waals surface area contributed by atoms with Crippen LogP contribution >= 0.6 is 0 Å². The molecule has 0 atom stereocenters. The van der Waals surface area contributed by atoms with E-state index in [-0.39, 0.29) is 5.82 Å². The monoisotopic (exact) mass is 294 g/mol. The fourth-order valence-corrected chi connectivity index (χ4v) is 2.22. The van der Waals surface area contributed by atoms with Crippen molar-refractivity contribution in [2.75, 3.05) is 0 Å². The molecule has 1 aromatic heterocycles. The summed E-state index contributed by atoms with van der Waals surface area (Å²) in [7, 11) is 0. The number of nitrogens with zero attached hydrogens (tertiary/aromatic N) is 4. The van der Waals surface area contributed by atoms with E-state index in [0.717, 1.165) is 28.5 Å². The first-order valence-electron chi connectivity index (χ1n) is 6.94. The number of rotatable bonds is 3. The molecule has 0 saturated carbocycles. The van der Waals surface area contributed by atoms with Gasteiger partial charge < -0.3 is 0 Å². The molecule has 22 heavy (non-hydrogen) atoms. The minimum Gasteiger partial charge on any atom is -0.236 e. The summed E-state index contributed by atoms with van der Waals surface area (Å²) < 4.78 is 14.8. The first kappa shape index (κ1) is 14.1. The van der Waals surface area contributed by atoms with Gasteiger partial charge in [-0.1, -0.05) is 18.2 Å². The van der Waals surface area contributed by atoms with Crippen LogP contribution in [-0.2, 0) is 0 Å². The predicted octanol–water partition coefficient (Wildman–Crippen LogP) is 5.04. The molecule has 0 aliphatic carbocycles. The van der Waals surface area contributed by atoms with Crippen LogP contribution in [0.1, 0.15) is 11.4 Å². The zero-order chi connectivity index (χ0) is 15.5. The molecule has 3 aromatic rings. The molecule has 0 unspecified atom stereocenters. The van der Waals surface area contributed by atoms with Gasteiger partial charge in [-0.3, -0.25) is 0 Å². The lowest BCUT2D eigenvalue weighted by Gasteiger charge is -2.03. The smallest absolute Gasteiger partial charge is 0.130 e. The topological polar surface area (TPSA) is 42.5 Å². The van der Waals surface area contributed by atoms with Crippen LogP contribution in [0.3, 0.4) is 0 Å². The summed E-state index contributed by atoms with van der Waals surface area (Å²) in [5.74, 6) is -0.269. The minimum absolute atomic E-state index is 0.269. The summed E-state index contributed by atoms with van der Waals surface area (Å²) in [5, 5.41) is 13.0. The fourth-order valence-electron chi connectivity index (χ4n) is 2.22. The van der Waals surface area contributed by atoms with Gasteiger partial charge in [-0.25, -0.2) is 9.07 Å². The second-order valence-electron chi connectivity index (χ2n) is 4.94. The summed E-state index contributed by atoms with van der Waals surface area (Å²) in [6.45, 7) is 3.80. The molecule has 0 fully saturated rings. The highest BCUT2D eigenvalue weighted by atomic mass is 19.1. The van der Waals surface area contributed by atoms with Crippen LogP contribution in [0.2, 0.25) is 0 Å². The van der Waals surface area contributed by atoms with E-state index in [9.17, 15) is 4.39 Å². The zero-order valence-electron chi connectivity index (χ0n) is 12.4. The highest BCUT2D eigenvalue weighted by Gasteiger charge is 2.12. The van der Waals surface area contributed by atoms with Gasteiger partial charge in [0.25, 0.3) is 0 Å². The first-order chi connectivity index (χ1) is 10.6. The maximum Gasteiger partial charge on any atom is 0.130 e. The molecule has 110 valence electrons. The molecule has 5 heteroatoms. The van der Waals surface area contributed by atoms with E-state index in [1.54, 1.807) is 16.8 Å². The highest BCUT2D eigenvalue weighted by Crippen LogP contribution is 2.27. The fraction of sp³-hybridized carbons (Fsp3) is 0.118. The van der Waals surface area contributed by atoms with E-state index in [2.05, 4.69) is 15.3 Å². The molecule has 0 spiro atoms. The molecule has 0 aliphatic heterocycles. The summed E-state index contributed by atoms with van der Waals surface area (Å²) >= 11 is 0. The number of azo groups is 1. The Kier molecular flexibility index (Phi) is 3.78. The van der Waals surface area contributed by atoms with Gasteiger partial charge >= 0.3 is 0 Å². The molecule has 0 bridgehead atoms. The lowest BCUT2D eigenvalue weighted by atomic mass is 10.3. The number of hydrogen-bond donors (Lipinski definition) is 0. The van der Waals surface area contributed by atoms with E-state index < -0.39 is 0 Å². The second-order valence-corrected chi connectivity index (χ2v) is 4.94. The van der Waals surface area contributed by atoms with Crippen molar-refractivity contribution in [1.29, 1.82) is 0 Å². The van der Waals surface area contributed by atoms with Gasteiger partial charge in [0.15, 0.2) is 0 Å². The van der Waals surface area contributed by atoms with Gasteiger partial charge in [0.05, 0.1) is 22.8 Å². The van der Waals surface area contributed by atoms with Gasteiger partial charge in [-0.2, -0.15) is 10.2 Å². The standard InChI is InChI=1S/C17H15FN4/c1-12-17(20-19-15-6-4-3-5-7-15)13(2)22(21-12)16-10-8-14(18)9-11-16/h3-11H,1-2H3. The van der Waals surface area contributed by atoms with Gasteiger partial charge in [0, 0.05) is 0 Å². The van der Waals surface area contributed by atoms with Crippen molar-refractivity contribution in [1.82, 2.24) is 9.78 Å². The van der Waals surface area contributed by atoms with E-state index in [4.69, 9.17) is 0 Å². The molecule has 4 nitrogen and oxygen atoms in total. The van der Waals surface area contributed by atoms with Crippen molar-refractivity contribution in [3.05, 3.63) is 71.8 Å². The molecule has 0 N–H and O–H groups in total. The first-order valence-corrected chi connectivity index (χ1v) is 6.94. The number of aromatic nitrogens is 2. The molecular formula is C17H15FN4. The SMILES string of the molecule is Cc1nn(-c2ccc(F)cc2)c(C)c1N=Nc1ccccc1. The Bertz CT molecular complexity index is 805. The van der Waals surface area contributed by atoms with Crippen molar-refractivity contribution in [3.63, 3.8) is 0 Å². The van der Waals surface area contributed by atoms with Crippen LogP contribution < -0.4 is 0 Å². The average molecular weight is 294 g/mol. The van der Waals surface area contributed by atoms with Crippen LogP contribution in [0.5, 0.6) is 0 Å². The Balaban J connectivity index is 1.97. The van der Waals surface area contributed by atoms with Gasteiger partial charge in [-0.05, 0) is 50.2 Å². The number of benzene rings is 2. The Morgan fingerprint density at radius 2 is 1.59 bits per heavy atom. The van der Waals surface area contributed by atoms with Crippen LogP contribution in [-0.4, -0.2) is 9.78 Å². The van der Waals surface area contributed by atoms with Gasteiger partial charge in [0.1, 0.15) is 11.5 Å². The lowest BCUT2D eigenvalue weighted by molar-refractivity contribution is 0.627. The molecule has 2 aromatic carbocycles. The molecule has 0 amide bonds. The maximum absolute atomic E-state index is 13.0. The Hall–Kier alpha value is -2.82. The van der Waals surface area contributed by atoms with Crippen molar-refractivity contribution in [2.45, 2.75) is 13.8 Å². The largest absolute Gasteiger partial charge is 0.236 e. The van der Waals surface area contributed by atoms with E-state index in [1.165, 1.54) is 12.1 Å². The average Bonchev–Trinajstić information content (AvgIpc) is 2.82. The minimum atomic E-state index is -0.269. The number of halogens is 1. The summed E-state index contributed by atoms with van der Waals surface area (Å²) in [4.78, 5) is 0. The van der Waals surface area contributed by atoms with E-state index in [1.807, 2.05) is 44.2 Å². The third-order valence-corrected chi connectivity index (χ3v) is 3.35. The van der Waals surface area contributed by atoms with Crippen LogP contribution in [0.25, 0.3) is 5.69 Å². The molecule has 3 rings (SSSR count). The molecule has 0 aliphatic rings. The van der Waals surface area contributed by atoms with Crippen molar-refractivity contribution in [2.24, 2.45) is 10.2 Å². The van der Waals surface area contributed by atoms with Crippen LogP contribution in [0.4, 0.5) is 15.8 Å². The summed E-state index contributed by atoms with van der Waals surface area (Å²) in [6.07, 6.45) is 0.